The van der Waals surface area contributed by atoms with Gasteiger partial charge in [0.05, 0.1) is 0 Å². The monoisotopic (exact) mass is 287 g/mol. The molecular formula is C17H18FNO2. The largest absolute Gasteiger partial charge is 0.485 e. The highest BCUT2D eigenvalue weighted by atomic mass is 19.1. The van der Waals surface area contributed by atoms with Gasteiger partial charge in [-0.1, -0.05) is 12.1 Å². The number of para-hydroxylation sites is 1. The first kappa shape index (κ1) is 13.7. The van der Waals surface area contributed by atoms with Crippen LogP contribution in [0.15, 0.2) is 36.4 Å². The number of fused-ring (bicyclic) bond motifs is 1. The summed E-state index contributed by atoms with van der Waals surface area (Å²) in [6, 6.07) is 10.3. The summed E-state index contributed by atoms with van der Waals surface area (Å²) in [5.74, 6) is 1.11. The first-order valence-electron chi connectivity index (χ1n) is 6.92. The fraction of sp³-hybridized carbons (Fsp3) is 0.294. The molecule has 3 nitrogen and oxygen atoms in total. The van der Waals surface area contributed by atoms with Crippen LogP contribution in [-0.2, 0) is 13.0 Å². The van der Waals surface area contributed by atoms with E-state index >= 15 is 0 Å². The third-order valence-electron chi connectivity index (χ3n) is 3.43. The average Bonchev–Trinajstić information content (AvgIpc) is 2.69. The Morgan fingerprint density at radius 2 is 2.10 bits per heavy atom. The van der Waals surface area contributed by atoms with Crippen molar-refractivity contribution in [1.82, 2.24) is 0 Å². The summed E-state index contributed by atoms with van der Waals surface area (Å²) >= 11 is 0. The molecule has 2 N–H and O–H groups in total. The minimum atomic E-state index is -0.357. The van der Waals surface area contributed by atoms with Gasteiger partial charge in [0.1, 0.15) is 18.0 Å². The molecule has 0 unspecified atom stereocenters. The first-order chi connectivity index (χ1) is 9.93. The summed E-state index contributed by atoms with van der Waals surface area (Å²) in [6.07, 6.45) is 0.854. The molecule has 1 aliphatic rings. The van der Waals surface area contributed by atoms with Gasteiger partial charge in [0.15, 0.2) is 11.5 Å². The Bertz CT molecular complexity index is 662. The van der Waals surface area contributed by atoms with Crippen LogP contribution in [0.2, 0.25) is 0 Å². The highest BCUT2D eigenvalue weighted by Gasteiger charge is 2.32. The Balaban J connectivity index is 1.79. The second-order valence-corrected chi connectivity index (χ2v) is 5.96. The molecule has 0 fully saturated rings. The van der Waals surface area contributed by atoms with E-state index in [0.717, 1.165) is 17.7 Å². The fourth-order valence-corrected chi connectivity index (χ4v) is 2.62. The van der Waals surface area contributed by atoms with Crippen LogP contribution in [0.1, 0.15) is 25.0 Å². The van der Waals surface area contributed by atoms with Crippen LogP contribution in [0.25, 0.3) is 0 Å². The van der Waals surface area contributed by atoms with Crippen molar-refractivity contribution in [2.45, 2.75) is 32.5 Å². The summed E-state index contributed by atoms with van der Waals surface area (Å²) in [4.78, 5) is 0. The van der Waals surface area contributed by atoms with Gasteiger partial charge in [-0.2, -0.15) is 0 Å². The molecular weight excluding hydrogens is 269 g/mol. The van der Waals surface area contributed by atoms with E-state index in [0.29, 0.717) is 17.0 Å². The Morgan fingerprint density at radius 3 is 2.86 bits per heavy atom. The van der Waals surface area contributed by atoms with Crippen LogP contribution in [0, 0.1) is 5.82 Å². The van der Waals surface area contributed by atoms with E-state index in [9.17, 15) is 4.39 Å². The number of rotatable bonds is 3. The van der Waals surface area contributed by atoms with Gasteiger partial charge < -0.3 is 15.2 Å². The SMILES string of the molecule is CC1(C)Cc2cccc(OCc3cc(N)cc(F)c3)c2O1. The van der Waals surface area contributed by atoms with E-state index in [1.807, 2.05) is 32.0 Å². The highest BCUT2D eigenvalue weighted by Crippen LogP contribution is 2.41. The van der Waals surface area contributed by atoms with Crippen molar-refractivity contribution in [1.29, 1.82) is 0 Å². The maximum absolute atomic E-state index is 13.3. The first-order valence-corrected chi connectivity index (χ1v) is 6.92. The molecule has 0 aromatic heterocycles. The van der Waals surface area contributed by atoms with Crippen molar-refractivity contribution in [2.75, 3.05) is 5.73 Å². The van der Waals surface area contributed by atoms with Gasteiger partial charge in [0.25, 0.3) is 0 Å². The smallest absolute Gasteiger partial charge is 0.165 e. The van der Waals surface area contributed by atoms with Gasteiger partial charge >= 0.3 is 0 Å². The van der Waals surface area contributed by atoms with Crippen molar-refractivity contribution in [3.63, 3.8) is 0 Å². The van der Waals surface area contributed by atoms with Crippen LogP contribution >= 0.6 is 0 Å². The van der Waals surface area contributed by atoms with Crippen molar-refractivity contribution >= 4 is 5.69 Å². The minimum Gasteiger partial charge on any atom is -0.485 e. The average molecular weight is 287 g/mol. The molecule has 0 atom stereocenters. The van der Waals surface area contributed by atoms with Gasteiger partial charge in [-0.15, -0.1) is 0 Å². The third kappa shape index (κ3) is 2.94. The van der Waals surface area contributed by atoms with Crippen LogP contribution in [0.5, 0.6) is 11.5 Å². The molecule has 110 valence electrons. The van der Waals surface area contributed by atoms with Crippen molar-refractivity contribution in [2.24, 2.45) is 0 Å². The predicted molar refractivity (Wildman–Crippen MR) is 80.0 cm³/mol. The molecule has 4 heteroatoms. The van der Waals surface area contributed by atoms with E-state index in [-0.39, 0.29) is 18.0 Å². The number of nitrogen functional groups attached to an aromatic ring is 1. The topological polar surface area (TPSA) is 44.5 Å². The number of benzene rings is 2. The second kappa shape index (κ2) is 4.95. The minimum absolute atomic E-state index is 0.217. The maximum Gasteiger partial charge on any atom is 0.165 e. The maximum atomic E-state index is 13.3. The summed E-state index contributed by atoms with van der Waals surface area (Å²) < 4.78 is 25.0. The molecule has 0 radical (unpaired) electrons. The van der Waals surface area contributed by atoms with E-state index in [4.69, 9.17) is 15.2 Å². The van der Waals surface area contributed by atoms with Gasteiger partial charge in [-0.05, 0) is 43.7 Å². The molecule has 1 heterocycles. The molecule has 0 saturated heterocycles. The molecule has 0 spiro atoms. The fourth-order valence-electron chi connectivity index (χ4n) is 2.62. The Kier molecular flexibility index (Phi) is 3.24. The number of hydrogen-bond acceptors (Lipinski definition) is 3. The van der Waals surface area contributed by atoms with E-state index in [2.05, 4.69) is 0 Å². The second-order valence-electron chi connectivity index (χ2n) is 5.96. The quantitative estimate of drug-likeness (QED) is 0.875. The van der Waals surface area contributed by atoms with Crippen LogP contribution < -0.4 is 15.2 Å². The predicted octanol–water partition coefficient (Wildman–Crippen LogP) is 3.70. The summed E-state index contributed by atoms with van der Waals surface area (Å²) in [5, 5.41) is 0. The Labute approximate surface area is 123 Å². The zero-order valence-electron chi connectivity index (χ0n) is 12.2. The molecule has 2 aromatic rings. The lowest BCUT2D eigenvalue weighted by Gasteiger charge is -2.18. The van der Waals surface area contributed by atoms with E-state index < -0.39 is 0 Å². The summed E-state index contributed by atoms with van der Waals surface area (Å²) in [5.41, 5.74) is 7.64. The van der Waals surface area contributed by atoms with Gasteiger partial charge in [-0.3, -0.25) is 0 Å². The zero-order valence-corrected chi connectivity index (χ0v) is 12.2. The van der Waals surface area contributed by atoms with Gasteiger partial charge in [0, 0.05) is 17.7 Å². The molecule has 3 rings (SSSR count). The van der Waals surface area contributed by atoms with Gasteiger partial charge in [-0.25, -0.2) is 4.39 Å². The van der Waals surface area contributed by atoms with Gasteiger partial charge in [0.2, 0.25) is 0 Å². The lowest BCUT2D eigenvalue weighted by molar-refractivity contribution is 0.131. The number of ether oxygens (including phenoxy) is 2. The highest BCUT2D eigenvalue weighted by molar-refractivity contribution is 5.50. The molecule has 21 heavy (non-hydrogen) atoms. The molecule has 0 aliphatic carbocycles. The van der Waals surface area contributed by atoms with E-state index in [1.165, 1.54) is 12.1 Å². The molecule has 2 aromatic carbocycles. The Morgan fingerprint density at radius 1 is 1.29 bits per heavy atom. The lowest BCUT2D eigenvalue weighted by Crippen LogP contribution is -2.24. The molecule has 1 aliphatic heterocycles. The van der Waals surface area contributed by atoms with Crippen LogP contribution in [0.3, 0.4) is 0 Å². The van der Waals surface area contributed by atoms with E-state index in [1.54, 1.807) is 6.07 Å². The zero-order chi connectivity index (χ0) is 15.0. The number of hydrogen-bond donors (Lipinski definition) is 1. The molecule has 0 bridgehead atoms. The van der Waals surface area contributed by atoms with Crippen molar-refractivity contribution in [3.8, 4) is 11.5 Å². The number of nitrogens with two attached hydrogens (primary N) is 1. The number of halogens is 1. The normalized spacial score (nSPS) is 15.4. The van der Waals surface area contributed by atoms with Crippen molar-refractivity contribution in [3.05, 3.63) is 53.3 Å². The van der Waals surface area contributed by atoms with Crippen LogP contribution in [-0.4, -0.2) is 5.60 Å². The summed E-state index contributed by atoms with van der Waals surface area (Å²) in [6.45, 7) is 4.34. The summed E-state index contributed by atoms with van der Waals surface area (Å²) in [7, 11) is 0. The molecule has 0 saturated carbocycles. The standard InChI is InChI=1S/C17H18FNO2/c1-17(2)9-12-4-3-5-15(16(12)21-17)20-10-11-6-13(18)8-14(19)7-11/h3-8H,9-10,19H2,1-2H3. The third-order valence-corrected chi connectivity index (χ3v) is 3.43. The van der Waals surface area contributed by atoms with Crippen LogP contribution in [0.4, 0.5) is 10.1 Å². The Hall–Kier alpha value is -2.23. The lowest BCUT2D eigenvalue weighted by atomic mass is 10.0. The van der Waals surface area contributed by atoms with Crippen molar-refractivity contribution < 1.29 is 13.9 Å². The molecule has 0 amide bonds. The number of anilines is 1.